The SMILES string of the molecule is Cc1cccc(NCc2ccc(=O)n(Cc3ccccc3)c2)c1. The summed E-state index contributed by atoms with van der Waals surface area (Å²) >= 11 is 0. The maximum atomic E-state index is 12.0. The van der Waals surface area contributed by atoms with Crippen molar-refractivity contribution < 1.29 is 0 Å². The van der Waals surface area contributed by atoms with Gasteiger partial charge in [-0.25, -0.2) is 0 Å². The lowest BCUT2D eigenvalue weighted by atomic mass is 10.2. The molecule has 3 heteroatoms. The molecule has 0 atom stereocenters. The van der Waals surface area contributed by atoms with Crippen LogP contribution in [0, 0.1) is 6.92 Å². The quantitative estimate of drug-likeness (QED) is 0.777. The number of nitrogens with zero attached hydrogens (tertiary/aromatic N) is 1. The van der Waals surface area contributed by atoms with Crippen LogP contribution in [0.3, 0.4) is 0 Å². The van der Waals surface area contributed by atoms with Gasteiger partial charge in [-0.05, 0) is 35.7 Å². The van der Waals surface area contributed by atoms with E-state index in [1.165, 1.54) is 5.56 Å². The molecule has 0 amide bonds. The van der Waals surface area contributed by atoms with Crippen LogP contribution in [0.25, 0.3) is 0 Å². The Hall–Kier alpha value is -2.81. The second-order valence-electron chi connectivity index (χ2n) is 5.71. The van der Waals surface area contributed by atoms with Crippen LogP contribution in [0.2, 0.25) is 0 Å². The van der Waals surface area contributed by atoms with E-state index in [0.29, 0.717) is 13.1 Å². The van der Waals surface area contributed by atoms with E-state index in [-0.39, 0.29) is 5.56 Å². The molecule has 0 aliphatic heterocycles. The number of rotatable bonds is 5. The van der Waals surface area contributed by atoms with E-state index in [9.17, 15) is 4.79 Å². The Balaban J connectivity index is 1.74. The van der Waals surface area contributed by atoms with Crippen LogP contribution in [0.4, 0.5) is 5.69 Å². The summed E-state index contributed by atoms with van der Waals surface area (Å²) in [4.78, 5) is 12.0. The highest BCUT2D eigenvalue weighted by atomic mass is 16.1. The number of hydrogen-bond acceptors (Lipinski definition) is 2. The molecule has 1 aromatic heterocycles. The van der Waals surface area contributed by atoms with Crippen molar-refractivity contribution in [2.45, 2.75) is 20.0 Å². The number of nitrogens with one attached hydrogen (secondary N) is 1. The summed E-state index contributed by atoms with van der Waals surface area (Å²) in [5, 5.41) is 3.40. The molecular weight excluding hydrogens is 284 g/mol. The summed E-state index contributed by atoms with van der Waals surface area (Å²) in [6, 6.07) is 21.8. The number of pyridine rings is 1. The Labute approximate surface area is 136 Å². The highest BCUT2D eigenvalue weighted by Gasteiger charge is 2.01. The summed E-state index contributed by atoms with van der Waals surface area (Å²) in [7, 11) is 0. The highest BCUT2D eigenvalue weighted by molar-refractivity contribution is 5.45. The third-order valence-electron chi connectivity index (χ3n) is 3.76. The van der Waals surface area contributed by atoms with Gasteiger partial charge < -0.3 is 9.88 Å². The monoisotopic (exact) mass is 304 g/mol. The topological polar surface area (TPSA) is 34.0 Å². The minimum atomic E-state index is 0.0214. The Morgan fingerprint density at radius 3 is 2.52 bits per heavy atom. The molecule has 1 N–H and O–H groups in total. The molecular formula is C20H20N2O. The standard InChI is InChI=1S/C20H20N2O/c1-16-6-5-9-19(12-16)21-13-18-10-11-20(23)22(15-18)14-17-7-3-2-4-8-17/h2-12,15,21H,13-14H2,1H3. The van der Waals surface area contributed by atoms with Crippen LogP contribution in [0.15, 0.2) is 77.7 Å². The fraction of sp³-hybridized carbons (Fsp3) is 0.150. The van der Waals surface area contributed by atoms with Crippen molar-refractivity contribution >= 4 is 5.69 Å². The maximum absolute atomic E-state index is 12.0. The van der Waals surface area contributed by atoms with Gasteiger partial charge >= 0.3 is 0 Å². The smallest absolute Gasteiger partial charge is 0.250 e. The molecule has 0 saturated heterocycles. The predicted molar refractivity (Wildman–Crippen MR) is 94.8 cm³/mol. The number of hydrogen-bond donors (Lipinski definition) is 1. The molecule has 1 heterocycles. The molecule has 0 aliphatic carbocycles. The molecule has 2 aromatic carbocycles. The molecule has 0 bridgehead atoms. The van der Waals surface area contributed by atoms with E-state index in [1.54, 1.807) is 10.6 Å². The third kappa shape index (κ3) is 4.10. The first-order valence-electron chi connectivity index (χ1n) is 7.74. The lowest BCUT2D eigenvalue weighted by Crippen LogP contribution is -2.20. The van der Waals surface area contributed by atoms with Gasteiger partial charge in [0.1, 0.15) is 0 Å². The van der Waals surface area contributed by atoms with Crippen LogP contribution in [0.5, 0.6) is 0 Å². The fourth-order valence-electron chi connectivity index (χ4n) is 2.55. The van der Waals surface area contributed by atoms with Gasteiger partial charge in [-0.2, -0.15) is 0 Å². The predicted octanol–water partition coefficient (Wildman–Crippen LogP) is 3.82. The average molecular weight is 304 g/mol. The number of aryl methyl sites for hydroxylation is 1. The molecule has 3 nitrogen and oxygen atoms in total. The summed E-state index contributed by atoms with van der Waals surface area (Å²) in [5.74, 6) is 0. The van der Waals surface area contributed by atoms with E-state index >= 15 is 0 Å². The van der Waals surface area contributed by atoms with Crippen LogP contribution in [-0.2, 0) is 13.1 Å². The van der Waals surface area contributed by atoms with Crippen molar-refractivity contribution in [1.29, 1.82) is 0 Å². The second kappa shape index (κ2) is 6.97. The molecule has 0 radical (unpaired) electrons. The van der Waals surface area contributed by atoms with Crippen molar-refractivity contribution in [3.05, 3.63) is 100.0 Å². The van der Waals surface area contributed by atoms with E-state index < -0.39 is 0 Å². The van der Waals surface area contributed by atoms with Crippen molar-refractivity contribution in [3.8, 4) is 0 Å². The highest BCUT2D eigenvalue weighted by Crippen LogP contribution is 2.11. The van der Waals surface area contributed by atoms with Gasteiger partial charge in [-0.1, -0.05) is 48.5 Å². The number of anilines is 1. The molecule has 0 spiro atoms. The van der Waals surface area contributed by atoms with Gasteiger partial charge in [-0.15, -0.1) is 0 Å². The van der Waals surface area contributed by atoms with Gasteiger partial charge in [0, 0.05) is 24.5 Å². The molecule has 0 saturated carbocycles. The Morgan fingerprint density at radius 2 is 1.74 bits per heavy atom. The maximum Gasteiger partial charge on any atom is 0.250 e. The first-order chi connectivity index (χ1) is 11.2. The van der Waals surface area contributed by atoms with Crippen LogP contribution in [-0.4, -0.2) is 4.57 Å². The fourth-order valence-corrected chi connectivity index (χ4v) is 2.55. The van der Waals surface area contributed by atoms with Gasteiger partial charge in [0.05, 0.1) is 6.54 Å². The van der Waals surface area contributed by atoms with Crippen LogP contribution in [0.1, 0.15) is 16.7 Å². The Morgan fingerprint density at radius 1 is 0.913 bits per heavy atom. The molecule has 116 valence electrons. The molecule has 23 heavy (non-hydrogen) atoms. The zero-order valence-corrected chi connectivity index (χ0v) is 13.2. The molecule has 0 aliphatic rings. The summed E-state index contributed by atoms with van der Waals surface area (Å²) in [6.45, 7) is 3.36. The molecule has 0 fully saturated rings. The lowest BCUT2D eigenvalue weighted by Gasteiger charge is -2.10. The molecule has 3 aromatic rings. The first kappa shape index (κ1) is 15.1. The zero-order valence-electron chi connectivity index (χ0n) is 13.2. The zero-order chi connectivity index (χ0) is 16.1. The largest absolute Gasteiger partial charge is 0.381 e. The van der Waals surface area contributed by atoms with Crippen LogP contribution >= 0.6 is 0 Å². The third-order valence-corrected chi connectivity index (χ3v) is 3.76. The van der Waals surface area contributed by atoms with Gasteiger partial charge in [0.2, 0.25) is 0 Å². The average Bonchev–Trinajstić information content (AvgIpc) is 2.57. The van der Waals surface area contributed by atoms with Gasteiger partial charge in [-0.3, -0.25) is 4.79 Å². The van der Waals surface area contributed by atoms with E-state index in [0.717, 1.165) is 16.8 Å². The minimum absolute atomic E-state index is 0.0214. The Kier molecular flexibility index (Phi) is 4.57. The van der Waals surface area contributed by atoms with Crippen molar-refractivity contribution in [2.75, 3.05) is 5.32 Å². The summed E-state index contributed by atoms with van der Waals surface area (Å²) in [5.41, 5.74) is 4.54. The Bertz CT molecular complexity index is 838. The summed E-state index contributed by atoms with van der Waals surface area (Å²) < 4.78 is 1.75. The van der Waals surface area contributed by atoms with E-state index in [1.807, 2.05) is 54.7 Å². The van der Waals surface area contributed by atoms with Crippen molar-refractivity contribution in [3.63, 3.8) is 0 Å². The number of aromatic nitrogens is 1. The molecule has 0 unspecified atom stereocenters. The summed E-state index contributed by atoms with van der Waals surface area (Å²) in [6.07, 6.45) is 1.93. The second-order valence-corrected chi connectivity index (χ2v) is 5.71. The normalized spacial score (nSPS) is 10.5. The van der Waals surface area contributed by atoms with Crippen molar-refractivity contribution in [2.24, 2.45) is 0 Å². The number of benzene rings is 2. The first-order valence-corrected chi connectivity index (χ1v) is 7.74. The molecule has 3 rings (SSSR count). The van der Waals surface area contributed by atoms with E-state index in [2.05, 4.69) is 24.4 Å². The minimum Gasteiger partial charge on any atom is -0.381 e. The van der Waals surface area contributed by atoms with Gasteiger partial charge in [0.25, 0.3) is 5.56 Å². The van der Waals surface area contributed by atoms with Gasteiger partial charge in [0.15, 0.2) is 0 Å². The van der Waals surface area contributed by atoms with Crippen molar-refractivity contribution in [1.82, 2.24) is 4.57 Å². The van der Waals surface area contributed by atoms with E-state index in [4.69, 9.17) is 0 Å². The lowest BCUT2D eigenvalue weighted by molar-refractivity contribution is 0.750. The van der Waals surface area contributed by atoms with Crippen LogP contribution < -0.4 is 10.9 Å².